The fourth-order valence-corrected chi connectivity index (χ4v) is 23.5. The molecule has 5 N–H and O–H groups in total. The Bertz CT molecular complexity index is 6530. The number of methoxy groups -OCH3 is 1. The summed E-state index contributed by atoms with van der Waals surface area (Å²) in [4.78, 5) is 136. The minimum atomic E-state index is -0.754. The maximum Gasteiger partial charge on any atom is 0.254 e. The molecule has 0 bridgehead atoms. The Hall–Kier alpha value is -12.5. The highest BCUT2D eigenvalue weighted by Gasteiger charge is 2.49. The highest BCUT2D eigenvalue weighted by molar-refractivity contribution is 7.14. The zero-order valence-electron chi connectivity index (χ0n) is 86.7. The summed E-state index contributed by atoms with van der Waals surface area (Å²) in [6.07, 6.45) is 10.9. The van der Waals surface area contributed by atoms with Gasteiger partial charge in [-0.25, -0.2) is 19.9 Å². The molecule has 4 aliphatic heterocycles. The molecule has 4 aromatic carbocycles. The lowest BCUT2D eigenvalue weighted by Crippen LogP contribution is -2.48. The van der Waals surface area contributed by atoms with Crippen molar-refractivity contribution in [1.82, 2.24) is 70.1 Å². The van der Waals surface area contributed by atoms with Crippen LogP contribution in [-0.2, 0) is 38.4 Å². The van der Waals surface area contributed by atoms with Crippen LogP contribution in [-0.4, -0.2) is 214 Å². The summed E-state index contributed by atoms with van der Waals surface area (Å²) in [5, 5.41) is 60.9. The van der Waals surface area contributed by atoms with Crippen LogP contribution in [0, 0.1) is 65.2 Å². The first-order chi connectivity index (χ1) is 70.3. The summed E-state index contributed by atoms with van der Waals surface area (Å²) in [6, 6.07) is 35.6. The van der Waals surface area contributed by atoms with Gasteiger partial charge in [-0.15, -0.1) is 45.3 Å². The number of amides is 5. The molecule has 147 heavy (non-hydrogen) atoms. The molecule has 5 aliphatic rings. The predicted octanol–water partition coefficient (Wildman–Crippen LogP) is 19.5. The van der Waals surface area contributed by atoms with Gasteiger partial charge in [-0.2, -0.15) is 5.10 Å². The molecular weight excluding hydrogens is 1940 g/mol. The number of aryl methyl sites for hydroxylation is 6. The number of likely N-dealkylation sites (tertiary alicyclic amines) is 4. The topological polar surface area (TPSA) is 408 Å². The van der Waals surface area contributed by atoms with Crippen molar-refractivity contribution < 1.29 is 81.8 Å². The van der Waals surface area contributed by atoms with Crippen LogP contribution >= 0.6 is 45.3 Å². The number of ether oxygens (including phenoxy) is 2. The summed E-state index contributed by atoms with van der Waals surface area (Å²) in [6.45, 7) is 33.8. The van der Waals surface area contributed by atoms with Crippen LogP contribution in [0.5, 0.6) is 17.4 Å². The van der Waals surface area contributed by atoms with E-state index >= 15 is 0 Å². The third-order valence-electron chi connectivity index (χ3n) is 28.1. The molecule has 8 aromatic heterocycles. The van der Waals surface area contributed by atoms with Gasteiger partial charge in [-0.3, -0.25) is 43.0 Å². The van der Waals surface area contributed by atoms with Gasteiger partial charge in [-0.05, 0) is 147 Å². The Labute approximate surface area is 874 Å². The minimum absolute atomic E-state index is 0.00776. The first kappa shape index (κ1) is 110. The zero-order valence-corrected chi connectivity index (χ0v) is 90.0. The van der Waals surface area contributed by atoms with Crippen molar-refractivity contribution in [2.45, 2.75) is 278 Å². The first-order valence-corrected chi connectivity index (χ1v) is 54.1. The number of nitrogens with zero attached hydrogens (tertiary/aromatic N) is 13. The molecule has 5 amide bonds. The van der Waals surface area contributed by atoms with E-state index in [1.54, 1.807) is 97.3 Å². The highest BCUT2D eigenvalue weighted by Crippen LogP contribution is 2.42. The molecule has 780 valence electrons. The number of hydrogen-bond acceptors (Lipinski definition) is 29. The molecule has 0 saturated carbocycles. The van der Waals surface area contributed by atoms with E-state index in [0.717, 1.165) is 82.8 Å². The van der Waals surface area contributed by atoms with E-state index < -0.39 is 72.4 Å². The SMILES string of the molecule is CC[C@H](NC(=O)[C@@H]1C[C@@H](O)CN1C(=O)[C@@H](c1cc(C)no1)C(C)C)c1ccc(-c2scnc2C)cc1.COc1cc([C@H](C(=O)N2C[C@H](O)C[C@H]2C(=O)CCC2=CCC(c3scnc3C)C=C2)C(C)C)on1.Cc1cc([C@H](C(=O)N2C[C@H](O)C[C@H]2C(=O)C[C@@H](C)c2ccc(-c3scnc3C)cc2)C(C)C)on1.Cc1ncsc1-c1ccc([C@H](C)CC(=O)[C@@H]2C[C@@H](O)CN2C(=O)[C@H](C(C)C)n2cc(Oc3ccccc3)cn2)cc1. The number of hydrogen-bond donors (Lipinski definition) is 5. The van der Waals surface area contributed by atoms with Crippen LogP contribution < -0.4 is 14.8 Å². The number of benzene rings is 4. The van der Waals surface area contributed by atoms with Crippen molar-refractivity contribution in [2.75, 3.05) is 33.3 Å². The minimum Gasteiger partial charge on any atom is -0.479 e. The van der Waals surface area contributed by atoms with Gasteiger partial charge in [0.1, 0.15) is 47.1 Å². The predicted molar refractivity (Wildman–Crippen MR) is 565 cm³/mol. The molecule has 35 heteroatoms. The Morgan fingerprint density at radius 2 is 0.878 bits per heavy atom. The fourth-order valence-electron chi connectivity index (χ4n) is 20.2. The maximum atomic E-state index is 13.9. The summed E-state index contributed by atoms with van der Waals surface area (Å²) >= 11 is 6.51. The van der Waals surface area contributed by atoms with Crippen LogP contribution in [0.1, 0.15) is 261 Å². The van der Waals surface area contributed by atoms with Crippen LogP contribution in [0.4, 0.5) is 0 Å². The Balaban J connectivity index is 0.000000155. The fraction of sp³-hybridized carbons (Fsp3) is 0.464. The van der Waals surface area contributed by atoms with E-state index in [0.29, 0.717) is 77.6 Å². The summed E-state index contributed by atoms with van der Waals surface area (Å²) in [7, 11) is 1.48. The van der Waals surface area contributed by atoms with Crippen LogP contribution in [0.15, 0.2) is 193 Å². The molecule has 0 spiro atoms. The van der Waals surface area contributed by atoms with Crippen LogP contribution in [0.3, 0.4) is 0 Å². The van der Waals surface area contributed by atoms with Gasteiger partial charge in [0.05, 0.1) is 139 Å². The number of aromatic nitrogens is 9. The smallest absolute Gasteiger partial charge is 0.254 e. The number of carbonyl (C=O) groups is 8. The Morgan fingerprint density at radius 1 is 0.469 bits per heavy atom. The van der Waals surface area contributed by atoms with Crippen molar-refractivity contribution in [1.29, 1.82) is 0 Å². The molecule has 1 aliphatic carbocycles. The number of nitrogens with one attached hydrogen (secondary N) is 1. The van der Waals surface area contributed by atoms with E-state index in [1.807, 2.05) is 187 Å². The summed E-state index contributed by atoms with van der Waals surface area (Å²) < 4.78 is 28.8. The Kier molecular flexibility index (Phi) is 37.5. The lowest BCUT2D eigenvalue weighted by atomic mass is 9.89. The molecule has 16 atom stereocenters. The number of carbonyl (C=O) groups excluding carboxylic acids is 8. The molecule has 12 heterocycles. The van der Waals surface area contributed by atoms with Gasteiger partial charge in [0, 0.05) is 100 Å². The molecule has 1 unspecified atom stereocenters. The van der Waals surface area contributed by atoms with Crippen LogP contribution in [0.25, 0.3) is 31.3 Å². The number of ketones is 3. The van der Waals surface area contributed by atoms with Gasteiger partial charge in [-0.1, -0.05) is 201 Å². The second-order valence-corrected chi connectivity index (χ2v) is 44.0. The maximum absolute atomic E-state index is 13.9. The third kappa shape index (κ3) is 27.0. The lowest BCUT2D eigenvalue weighted by molar-refractivity contribution is -0.142. The van der Waals surface area contributed by atoms with Gasteiger partial charge in [0.25, 0.3) is 5.88 Å². The number of aliphatic hydroxyl groups is 4. The third-order valence-corrected chi connectivity index (χ3v) is 32.1. The normalized spacial score (nSPS) is 20.1. The molecule has 31 nitrogen and oxygen atoms in total. The molecule has 17 rings (SSSR count). The van der Waals surface area contributed by atoms with Crippen LogP contribution in [0.2, 0.25) is 0 Å². The number of allylic oxidation sites excluding steroid dienone is 4. The van der Waals surface area contributed by atoms with E-state index in [-0.39, 0.29) is 147 Å². The number of rotatable bonds is 35. The first-order valence-electron chi connectivity index (χ1n) is 50.6. The second kappa shape index (κ2) is 50.0. The number of β-amino-alcohol motifs (C(OH)–C–C–N with tert-alkyl or cyclic N) is 4. The van der Waals surface area contributed by atoms with Crippen molar-refractivity contribution in [2.24, 2.45) is 23.7 Å². The van der Waals surface area contributed by atoms with Gasteiger partial charge in [0.2, 0.25) is 29.5 Å². The quantitative estimate of drug-likeness (QED) is 0.0246. The van der Waals surface area contributed by atoms with Crippen molar-refractivity contribution in [3.8, 4) is 48.7 Å². The average molecular weight is 2080 g/mol. The van der Waals surface area contributed by atoms with Gasteiger partial charge < -0.3 is 68.4 Å². The average Bonchev–Trinajstić information content (AvgIpc) is 1.66. The zero-order chi connectivity index (χ0) is 105. The molecule has 4 saturated heterocycles. The van der Waals surface area contributed by atoms with Gasteiger partial charge in [0.15, 0.2) is 28.9 Å². The van der Waals surface area contributed by atoms with Crippen molar-refractivity contribution >= 4 is 92.2 Å². The number of thiazole rings is 4. The molecule has 12 aromatic rings. The highest BCUT2D eigenvalue weighted by atomic mass is 32.1. The van der Waals surface area contributed by atoms with E-state index in [2.05, 4.69) is 113 Å². The van der Waals surface area contributed by atoms with Crippen molar-refractivity contribution in [3.05, 3.63) is 253 Å². The molecule has 4 fully saturated rings. The van der Waals surface area contributed by atoms with E-state index in [4.69, 9.17) is 23.0 Å². The van der Waals surface area contributed by atoms with Crippen molar-refractivity contribution in [3.63, 3.8) is 0 Å². The number of Topliss-reactive ketones (excluding diaryl/α,β-unsaturated/α-hetero) is 3. The molecule has 0 radical (unpaired) electrons. The Morgan fingerprint density at radius 3 is 1.26 bits per heavy atom. The largest absolute Gasteiger partial charge is 0.479 e. The molecular formula is C112H136N14O17S4. The standard InChI is InChI=1S/C32H36N4O4S.C27H34N4O4S.C27H33N3O4S.C26H33N3O5S/c1-20(2)30(36-18-27(16-34-36)40-26-8-6-5-7-9-26)32(39)35-17-25(37)15-28(35)29(38)14-21(3)23-10-12-24(13-11-23)31-22(4)33-19-41-31;1-6-21(18-7-9-19(10-8-18)25-17(5)28-14-36-25)29-26(33)22-12-20(32)13-31(22)27(34)24(15(2)3)23-11-16(4)30-35-23;1-15(2)25(24-11-17(4)29-34-24)27(33)30-13-21(31)12-22(30)23(32)10-16(3)19-6-8-20(9-7-19)26-18(5)28-14-35-26;1-15(2)24(22-12-23(33-4)28-34-22)26(32)29-13-19(30)11-20(29)21(31)10-7-17-5-8-18(9-6-17)25-16(3)27-14-35-25/h5-13,16,18-21,25,28,30,37H,14-15,17H2,1-4H3;7-11,14-15,20-22,24,32H,6,12-13H2,1-5H3,(H,29,33);6-9,11,14-16,21-22,25,31H,10,12-13H2,1-5H3;5-6,8,12,14-15,18-20,24,30H,7,9-11,13H2,1-4H3/t21-,25-,28+,30+;20-,21+,22+,24-;16-,21-,22+,25-;18?,19-,20+,24-/m1111/s1. The lowest BCUT2D eigenvalue weighted by Gasteiger charge is -2.30. The summed E-state index contributed by atoms with van der Waals surface area (Å²) in [5.74, 6) is -0.0436. The second-order valence-electron chi connectivity index (χ2n) is 40.5. The monoisotopic (exact) mass is 2080 g/mol. The number of para-hydroxylation sites is 1. The van der Waals surface area contributed by atoms with E-state index in [1.165, 1.54) is 21.8 Å². The van der Waals surface area contributed by atoms with Gasteiger partial charge >= 0.3 is 0 Å². The summed E-state index contributed by atoms with van der Waals surface area (Å²) in [5.41, 5.74) is 20.5. The van der Waals surface area contributed by atoms with E-state index in [9.17, 15) is 58.8 Å². The number of aliphatic hydroxyl groups excluding tert-OH is 4.